The number of unbranched alkanes of at least 4 members (excludes halogenated alkanes) is 3. The lowest BCUT2D eigenvalue weighted by Gasteiger charge is -2.06. The molecule has 5 nitrogen and oxygen atoms in total. The number of nitriles is 1. The highest BCUT2D eigenvalue weighted by molar-refractivity contribution is 7.15. The number of thiazole rings is 1. The third-order valence-electron chi connectivity index (χ3n) is 4.89. The zero-order valence-corrected chi connectivity index (χ0v) is 19.3. The van der Waals surface area contributed by atoms with Gasteiger partial charge in [0.25, 0.3) is 5.91 Å². The normalized spacial score (nSPS) is 11.1. The van der Waals surface area contributed by atoms with Crippen molar-refractivity contribution in [3.8, 4) is 11.8 Å². The van der Waals surface area contributed by atoms with Crippen LogP contribution in [-0.4, -0.2) is 17.5 Å². The van der Waals surface area contributed by atoms with E-state index in [-0.39, 0.29) is 11.4 Å². The molecule has 33 heavy (non-hydrogen) atoms. The maximum absolute atomic E-state index is 13.0. The zero-order chi connectivity index (χ0) is 23.5. The van der Waals surface area contributed by atoms with Gasteiger partial charge in [0, 0.05) is 17.5 Å². The molecular weight excluding hydrogens is 437 g/mol. The molecule has 0 saturated heterocycles. The number of nitrogens with one attached hydrogen (secondary N) is 1. The van der Waals surface area contributed by atoms with E-state index in [2.05, 4.69) is 17.2 Å². The fourth-order valence-electron chi connectivity index (χ4n) is 3.11. The summed E-state index contributed by atoms with van der Waals surface area (Å²) in [6, 6.07) is 15.5. The van der Waals surface area contributed by atoms with Gasteiger partial charge in [-0.25, -0.2) is 9.37 Å². The topological polar surface area (TPSA) is 75.0 Å². The van der Waals surface area contributed by atoms with Crippen molar-refractivity contribution >= 4 is 28.5 Å². The molecule has 3 rings (SSSR count). The third kappa shape index (κ3) is 7.85. The van der Waals surface area contributed by atoms with Crippen molar-refractivity contribution in [2.75, 3.05) is 11.9 Å². The van der Waals surface area contributed by atoms with Crippen LogP contribution in [0.25, 0.3) is 6.08 Å². The lowest BCUT2D eigenvalue weighted by atomic mass is 10.1. The second-order valence-corrected chi connectivity index (χ2v) is 8.65. The van der Waals surface area contributed by atoms with Gasteiger partial charge in [0.05, 0.1) is 6.61 Å². The monoisotopic (exact) mass is 463 g/mol. The first kappa shape index (κ1) is 24.1. The molecule has 3 aromatic rings. The van der Waals surface area contributed by atoms with Crippen LogP contribution in [0.5, 0.6) is 5.75 Å². The summed E-state index contributed by atoms with van der Waals surface area (Å²) >= 11 is 1.32. The number of anilines is 1. The van der Waals surface area contributed by atoms with Gasteiger partial charge in [0.15, 0.2) is 5.13 Å². The van der Waals surface area contributed by atoms with E-state index in [1.165, 1.54) is 42.4 Å². The molecule has 1 aromatic heterocycles. The van der Waals surface area contributed by atoms with Crippen molar-refractivity contribution in [3.63, 3.8) is 0 Å². The van der Waals surface area contributed by atoms with Crippen molar-refractivity contribution < 1.29 is 13.9 Å². The molecule has 170 valence electrons. The molecule has 0 spiro atoms. The molecule has 0 radical (unpaired) electrons. The molecule has 0 bridgehead atoms. The van der Waals surface area contributed by atoms with Crippen LogP contribution in [0, 0.1) is 17.1 Å². The first-order chi connectivity index (χ1) is 16.1. The highest BCUT2D eigenvalue weighted by Gasteiger charge is 2.12. The maximum atomic E-state index is 13.0. The maximum Gasteiger partial charge on any atom is 0.268 e. The lowest BCUT2D eigenvalue weighted by Crippen LogP contribution is -2.13. The van der Waals surface area contributed by atoms with Gasteiger partial charge >= 0.3 is 0 Å². The standard InChI is InChI=1S/C26H26FN3O2S/c1-2-3-4-5-14-32-23-12-8-19(9-13-23)15-21(17-28)25(31)30-26-29-18-24(33-26)16-20-6-10-22(27)11-7-20/h6-13,15,18H,2-5,14,16H2,1H3,(H,29,30,31). The number of benzene rings is 2. The molecule has 0 aliphatic carbocycles. The Balaban J connectivity index is 1.56. The molecule has 0 aliphatic rings. The number of rotatable bonds is 11. The van der Waals surface area contributed by atoms with Crippen molar-refractivity contribution in [1.82, 2.24) is 4.98 Å². The summed E-state index contributed by atoms with van der Waals surface area (Å²) in [4.78, 5) is 17.7. The molecule has 1 amide bonds. The highest BCUT2D eigenvalue weighted by Crippen LogP contribution is 2.22. The Labute approximate surface area is 197 Å². The highest BCUT2D eigenvalue weighted by atomic mass is 32.1. The van der Waals surface area contributed by atoms with Crippen LogP contribution in [0.15, 0.2) is 60.3 Å². The van der Waals surface area contributed by atoms with Gasteiger partial charge < -0.3 is 4.74 Å². The SMILES string of the molecule is CCCCCCOc1ccc(C=C(C#N)C(=O)Nc2ncc(Cc3ccc(F)cc3)s2)cc1. The summed E-state index contributed by atoms with van der Waals surface area (Å²) in [6.45, 7) is 2.85. The van der Waals surface area contributed by atoms with E-state index < -0.39 is 5.91 Å². The summed E-state index contributed by atoms with van der Waals surface area (Å²) in [5, 5.41) is 12.5. The smallest absolute Gasteiger partial charge is 0.268 e. The van der Waals surface area contributed by atoms with Crippen LogP contribution < -0.4 is 10.1 Å². The summed E-state index contributed by atoms with van der Waals surface area (Å²) in [6.07, 6.45) is 8.37. The number of carbonyl (C=O) groups excluding carboxylic acids is 1. The Kier molecular flexibility index (Phi) is 9.16. The van der Waals surface area contributed by atoms with E-state index >= 15 is 0 Å². The Morgan fingerprint density at radius 3 is 2.61 bits per heavy atom. The van der Waals surface area contributed by atoms with Crippen LogP contribution in [0.1, 0.15) is 48.6 Å². The molecule has 0 fully saturated rings. The summed E-state index contributed by atoms with van der Waals surface area (Å²) < 4.78 is 18.8. The van der Waals surface area contributed by atoms with Crippen molar-refractivity contribution in [2.45, 2.75) is 39.0 Å². The van der Waals surface area contributed by atoms with E-state index in [9.17, 15) is 14.4 Å². The van der Waals surface area contributed by atoms with Crippen LogP contribution in [0.3, 0.4) is 0 Å². The van der Waals surface area contributed by atoms with Gasteiger partial charge in [-0.15, -0.1) is 11.3 Å². The minimum absolute atomic E-state index is 0.0153. The predicted octanol–water partition coefficient (Wildman–Crippen LogP) is 6.38. The fourth-order valence-corrected chi connectivity index (χ4v) is 3.95. The van der Waals surface area contributed by atoms with Crippen LogP contribution in [0.2, 0.25) is 0 Å². The number of hydrogen-bond acceptors (Lipinski definition) is 5. The first-order valence-electron chi connectivity index (χ1n) is 10.9. The minimum atomic E-state index is -0.517. The largest absolute Gasteiger partial charge is 0.494 e. The number of amides is 1. The Morgan fingerprint density at radius 1 is 1.15 bits per heavy atom. The average Bonchev–Trinajstić information content (AvgIpc) is 3.26. The minimum Gasteiger partial charge on any atom is -0.494 e. The molecule has 1 N–H and O–H groups in total. The summed E-state index contributed by atoms with van der Waals surface area (Å²) in [7, 11) is 0. The zero-order valence-electron chi connectivity index (χ0n) is 18.5. The molecular formula is C26H26FN3O2S. The number of halogens is 1. The second-order valence-electron chi connectivity index (χ2n) is 7.54. The Hall–Kier alpha value is -3.50. The first-order valence-corrected chi connectivity index (χ1v) is 11.7. The third-order valence-corrected chi connectivity index (χ3v) is 5.80. The summed E-state index contributed by atoms with van der Waals surface area (Å²) in [5.41, 5.74) is 1.67. The number of ether oxygens (including phenoxy) is 1. The molecule has 0 saturated carbocycles. The van der Waals surface area contributed by atoms with Gasteiger partial charge in [0.2, 0.25) is 0 Å². The van der Waals surface area contributed by atoms with Gasteiger partial charge in [-0.1, -0.05) is 50.5 Å². The number of hydrogen-bond donors (Lipinski definition) is 1. The fraction of sp³-hybridized carbons (Fsp3) is 0.269. The molecule has 1 heterocycles. The number of nitrogens with zero attached hydrogens (tertiary/aromatic N) is 2. The van der Waals surface area contributed by atoms with Crippen LogP contribution in [-0.2, 0) is 11.2 Å². The van der Waals surface area contributed by atoms with Crippen molar-refractivity contribution in [1.29, 1.82) is 5.26 Å². The van der Waals surface area contributed by atoms with E-state index in [0.29, 0.717) is 18.2 Å². The Bertz CT molecular complexity index is 1120. The van der Waals surface area contributed by atoms with E-state index in [4.69, 9.17) is 4.74 Å². The van der Waals surface area contributed by atoms with Gasteiger partial charge in [-0.3, -0.25) is 10.1 Å². The molecule has 0 atom stereocenters. The van der Waals surface area contributed by atoms with E-state index in [1.54, 1.807) is 18.3 Å². The van der Waals surface area contributed by atoms with Gasteiger partial charge in [-0.2, -0.15) is 5.26 Å². The van der Waals surface area contributed by atoms with Crippen molar-refractivity contribution in [3.05, 3.63) is 82.1 Å². The number of carbonyl (C=O) groups is 1. The van der Waals surface area contributed by atoms with E-state index in [1.807, 2.05) is 30.3 Å². The van der Waals surface area contributed by atoms with Crippen LogP contribution in [0.4, 0.5) is 9.52 Å². The van der Waals surface area contributed by atoms with Crippen molar-refractivity contribution in [2.24, 2.45) is 0 Å². The summed E-state index contributed by atoms with van der Waals surface area (Å²) in [5.74, 6) is -0.0316. The van der Waals surface area contributed by atoms with Gasteiger partial charge in [0.1, 0.15) is 23.2 Å². The lowest BCUT2D eigenvalue weighted by molar-refractivity contribution is -0.112. The molecule has 0 aliphatic heterocycles. The Morgan fingerprint density at radius 2 is 1.91 bits per heavy atom. The quantitative estimate of drug-likeness (QED) is 0.203. The van der Waals surface area contributed by atoms with Crippen LogP contribution >= 0.6 is 11.3 Å². The second kappa shape index (κ2) is 12.5. The van der Waals surface area contributed by atoms with Gasteiger partial charge in [-0.05, 0) is 47.9 Å². The number of aromatic nitrogens is 1. The predicted molar refractivity (Wildman–Crippen MR) is 130 cm³/mol. The molecule has 0 unspecified atom stereocenters. The molecule has 7 heteroatoms. The average molecular weight is 464 g/mol. The molecule has 2 aromatic carbocycles. The van der Waals surface area contributed by atoms with E-state index in [0.717, 1.165) is 34.6 Å².